The number of hydrogen-bond donors (Lipinski definition) is 2. The second-order valence-corrected chi connectivity index (χ2v) is 5.88. The molecule has 0 radical (unpaired) electrons. The molecule has 96 valence electrons. The summed E-state index contributed by atoms with van der Waals surface area (Å²) in [6, 6.07) is 0. The molecule has 3 N–H and O–H groups in total. The fourth-order valence-electron chi connectivity index (χ4n) is 3.48. The third kappa shape index (κ3) is 2.60. The van der Waals surface area contributed by atoms with E-state index in [0.717, 1.165) is 31.6 Å². The van der Waals surface area contributed by atoms with Crippen molar-refractivity contribution in [3.8, 4) is 0 Å². The summed E-state index contributed by atoms with van der Waals surface area (Å²) in [6.45, 7) is 7.03. The summed E-state index contributed by atoms with van der Waals surface area (Å²) in [7, 11) is 0. The van der Waals surface area contributed by atoms with E-state index < -0.39 is 5.60 Å². The van der Waals surface area contributed by atoms with Crippen LogP contribution < -0.4 is 5.73 Å². The zero-order chi connectivity index (χ0) is 12.2. The molecule has 0 heterocycles. The Hall–Kier alpha value is -0.0800. The second kappa shape index (κ2) is 5.50. The van der Waals surface area contributed by atoms with Gasteiger partial charge in [0.05, 0.1) is 5.60 Å². The zero-order valence-corrected chi connectivity index (χ0v) is 11.3. The molecule has 0 spiro atoms. The molecular weight excluding hydrogens is 198 g/mol. The van der Waals surface area contributed by atoms with Gasteiger partial charge in [0.2, 0.25) is 0 Å². The molecule has 0 aliphatic heterocycles. The summed E-state index contributed by atoms with van der Waals surface area (Å²) in [4.78, 5) is 0. The molecule has 0 saturated heterocycles. The summed E-state index contributed by atoms with van der Waals surface area (Å²) in [5.41, 5.74) is 5.41. The van der Waals surface area contributed by atoms with Gasteiger partial charge in [0.1, 0.15) is 0 Å². The largest absolute Gasteiger partial charge is 0.390 e. The van der Waals surface area contributed by atoms with E-state index in [0.29, 0.717) is 6.54 Å². The van der Waals surface area contributed by atoms with Crippen molar-refractivity contribution in [2.24, 2.45) is 17.1 Å². The molecule has 1 saturated carbocycles. The molecule has 3 atom stereocenters. The van der Waals surface area contributed by atoms with Crippen LogP contribution in [0.25, 0.3) is 0 Å². The van der Waals surface area contributed by atoms with E-state index in [-0.39, 0.29) is 5.41 Å². The quantitative estimate of drug-likeness (QED) is 0.758. The highest BCUT2D eigenvalue weighted by Gasteiger charge is 2.47. The smallest absolute Gasteiger partial charge is 0.0687 e. The van der Waals surface area contributed by atoms with Crippen LogP contribution in [0.3, 0.4) is 0 Å². The Bertz CT molecular complexity index is 215. The molecule has 2 nitrogen and oxygen atoms in total. The van der Waals surface area contributed by atoms with Crippen LogP contribution in [-0.4, -0.2) is 17.3 Å². The summed E-state index contributed by atoms with van der Waals surface area (Å²) in [6.07, 6.45) is 7.91. The summed E-state index contributed by atoms with van der Waals surface area (Å²) < 4.78 is 0. The van der Waals surface area contributed by atoms with Gasteiger partial charge in [-0.1, -0.05) is 39.5 Å². The number of aliphatic hydroxyl groups is 1. The van der Waals surface area contributed by atoms with Gasteiger partial charge >= 0.3 is 0 Å². The fourth-order valence-corrected chi connectivity index (χ4v) is 3.48. The maximum atomic E-state index is 10.7. The van der Waals surface area contributed by atoms with Crippen molar-refractivity contribution in [2.45, 2.75) is 71.3 Å². The summed E-state index contributed by atoms with van der Waals surface area (Å²) in [5.74, 6) is 0.764. The molecule has 0 bridgehead atoms. The Balaban J connectivity index is 2.83. The normalized spacial score (nSPS) is 34.7. The van der Waals surface area contributed by atoms with Crippen LogP contribution in [0, 0.1) is 11.3 Å². The minimum absolute atomic E-state index is 0.0259. The second-order valence-electron chi connectivity index (χ2n) is 5.88. The number of nitrogens with two attached hydrogens (primary N) is 1. The monoisotopic (exact) mass is 227 g/mol. The SMILES string of the molecule is CCCC(C)(O)C1(CN)CCCC(CC)C1. The van der Waals surface area contributed by atoms with Crippen LogP contribution in [0.15, 0.2) is 0 Å². The average molecular weight is 227 g/mol. The van der Waals surface area contributed by atoms with Crippen molar-refractivity contribution in [2.75, 3.05) is 6.54 Å². The van der Waals surface area contributed by atoms with Crippen LogP contribution >= 0.6 is 0 Å². The van der Waals surface area contributed by atoms with Gasteiger partial charge in [-0.3, -0.25) is 0 Å². The summed E-state index contributed by atoms with van der Waals surface area (Å²) in [5, 5.41) is 10.7. The lowest BCUT2D eigenvalue weighted by Crippen LogP contribution is -2.53. The lowest BCUT2D eigenvalue weighted by Gasteiger charge is -2.49. The molecule has 3 unspecified atom stereocenters. The molecule has 0 aromatic heterocycles. The molecule has 1 aliphatic carbocycles. The van der Waals surface area contributed by atoms with Crippen molar-refractivity contribution in [3.63, 3.8) is 0 Å². The Morgan fingerprint density at radius 3 is 2.62 bits per heavy atom. The number of hydrogen-bond acceptors (Lipinski definition) is 2. The molecule has 0 amide bonds. The average Bonchev–Trinajstić information content (AvgIpc) is 2.28. The van der Waals surface area contributed by atoms with Crippen molar-refractivity contribution in [1.29, 1.82) is 0 Å². The fraction of sp³-hybridized carbons (Fsp3) is 1.00. The van der Waals surface area contributed by atoms with Gasteiger partial charge in [0.15, 0.2) is 0 Å². The van der Waals surface area contributed by atoms with Crippen LogP contribution in [0.4, 0.5) is 0 Å². The first-order valence-corrected chi connectivity index (χ1v) is 6.94. The number of rotatable bonds is 5. The van der Waals surface area contributed by atoms with Crippen LogP contribution in [-0.2, 0) is 0 Å². The standard InChI is InChI=1S/C14H29NO/c1-4-8-13(3,16)14(11-15)9-6-7-12(5-2)10-14/h12,16H,4-11,15H2,1-3H3. The molecule has 1 aliphatic rings. The van der Waals surface area contributed by atoms with E-state index in [1.165, 1.54) is 19.3 Å². The maximum Gasteiger partial charge on any atom is 0.0687 e. The van der Waals surface area contributed by atoms with E-state index in [4.69, 9.17) is 5.73 Å². The van der Waals surface area contributed by atoms with Crippen molar-refractivity contribution >= 4 is 0 Å². The first-order valence-electron chi connectivity index (χ1n) is 6.94. The topological polar surface area (TPSA) is 46.2 Å². The third-order valence-corrected chi connectivity index (χ3v) is 4.79. The van der Waals surface area contributed by atoms with E-state index in [9.17, 15) is 5.11 Å². The van der Waals surface area contributed by atoms with Crippen LogP contribution in [0.2, 0.25) is 0 Å². The Morgan fingerprint density at radius 1 is 1.44 bits per heavy atom. The molecule has 16 heavy (non-hydrogen) atoms. The van der Waals surface area contributed by atoms with Crippen molar-refractivity contribution < 1.29 is 5.11 Å². The molecule has 1 rings (SSSR count). The molecule has 1 fully saturated rings. The van der Waals surface area contributed by atoms with Crippen LogP contribution in [0.5, 0.6) is 0 Å². The van der Waals surface area contributed by atoms with Gasteiger partial charge in [-0.2, -0.15) is 0 Å². The lowest BCUT2D eigenvalue weighted by atomic mass is 9.59. The van der Waals surface area contributed by atoms with Gasteiger partial charge in [-0.05, 0) is 32.1 Å². The van der Waals surface area contributed by atoms with Crippen molar-refractivity contribution in [3.05, 3.63) is 0 Å². The summed E-state index contributed by atoms with van der Waals surface area (Å²) >= 11 is 0. The maximum absolute atomic E-state index is 10.7. The first kappa shape index (κ1) is 14.0. The van der Waals surface area contributed by atoms with E-state index in [1.54, 1.807) is 0 Å². The minimum atomic E-state index is -0.579. The Morgan fingerprint density at radius 2 is 2.12 bits per heavy atom. The Kier molecular flexibility index (Phi) is 4.81. The van der Waals surface area contributed by atoms with Crippen LogP contribution in [0.1, 0.15) is 65.7 Å². The van der Waals surface area contributed by atoms with E-state index in [2.05, 4.69) is 13.8 Å². The Labute approximate surface area is 101 Å². The van der Waals surface area contributed by atoms with Gasteiger partial charge < -0.3 is 10.8 Å². The predicted octanol–water partition coefficient (Wildman–Crippen LogP) is 3.08. The van der Waals surface area contributed by atoms with Gasteiger partial charge in [-0.15, -0.1) is 0 Å². The van der Waals surface area contributed by atoms with Gasteiger partial charge in [0.25, 0.3) is 0 Å². The van der Waals surface area contributed by atoms with Gasteiger partial charge in [0, 0.05) is 12.0 Å². The first-order chi connectivity index (χ1) is 7.51. The van der Waals surface area contributed by atoms with E-state index >= 15 is 0 Å². The molecular formula is C14H29NO. The zero-order valence-electron chi connectivity index (χ0n) is 11.3. The minimum Gasteiger partial charge on any atom is -0.390 e. The highest BCUT2D eigenvalue weighted by Crippen LogP contribution is 2.48. The highest BCUT2D eigenvalue weighted by molar-refractivity contribution is 4.99. The third-order valence-electron chi connectivity index (χ3n) is 4.79. The van der Waals surface area contributed by atoms with Gasteiger partial charge in [-0.25, -0.2) is 0 Å². The molecule has 0 aromatic rings. The van der Waals surface area contributed by atoms with Crippen molar-refractivity contribution in [1.82, 2.24) is 0 Å². The highest BCUT2D eigenvalue weighted by atomic mass is 16.3. The lowest BCUT2D eigenvalue weighted by molar-refractivity contribution is -0.101. The van der Waals surface area contributed by atoms with E-state index in [1.807, 2.05) is 6.92 Å². The molecule has 0 aromatic carbocycles. The molecule has 2 heteroatoms. The predicted molar refractivity (Wildman–Crippen MR) is 69.3 cm³/mol.